The third-order valence-electron chi connectivity index (χ3n) is 5.07. The number of ether oxygens (including phenoxy) is 2. The Morgan fingerprint density at radius 3 is 2.26 bits per heavy atom. The van der Waals surface area contributed by atoms with Gasteiger partial charge >= 0.3 is 13.2 Å². The number of carbonyl (C=O) groups is 1. The zero-order valence-corrected chi connectivity index (χ0v) is 18.8. The fraction of sp³-hybridized carbons (Fsp3) is 0.160. The Morgan fingerprint density at radius 1 is 0.886 bits per heavy atom. The SMILES string of the molecule is O=C(c1ccccc1)c1cnc(C(Cc2ccncc2)c2ccc(OC(F)F)c(OC(F)F)c2)s1. The first-order valence-electron chi connectivity index (χ1n) is 10.4. The van der Waals surface area contributed by atoms with E-state index in [0.29, 0.717) is 27.4 Å². The number of aromatic nitrogens is 2. The van der Waals surface area contributed by atoms with Crippen LogP contribution in [0, 0.1) is 0 Å². The highest BCUT2D eigenvalue weighted by Gasteiger charge is 2.24. The molecule has 0 bridgehead atoms. The minimum Gasteiger partial charge on any atom is -0.431 e. The molecule has 10 heteroatoms. The average Bonchev–Trinajstić information content (AvgIpc) is 3.34. The molecule has 0 aliphatic heterocycles. The molecule has 1 unspecified atom stereocenters. The number of ketones is 1. The largest absolute Gasteiger partial charge is 0.431 e. The first-order chi connectivity index (χ1) is 16.9. The van der Waals surface area contributed by atoms with Crippen LogP contribution in [0.5, 0.6) is 11.5 Å². The summed E-state index contributed by atoms with van der Waals surface area (Å²) in [5, 5.41) is 0.548. The maximum absolute atomic E-state index is 13.0. The topological polar surface area (TPSA) is 61.3 Å². The van der Waals surface area contributed by atoms with Crippen LogP contribution < -0.4 is 9.47 Å². The molecule has 1 atom stereocenters. The molecule has 0 saturated carbocycles. The summed E-state index contributed by atoms with van der Waals surface area (Å²) in [7, 11) is 0. The van der Waals surface area contributed by atoms with Crippen LogP contribution in [0.25, 0.3) is 0 Å². The van der Waals surface area contributed by atoms with Gasteiger partial charge in [-0.3, -0.25) is 9.78 Å². The van der Waals surface area contributed by atoms with Gasteiger partial charge in [-0.2, -0.15) is 17.6 Å². The number of pyridine rings is 1. The molecule has 0 fully saturated rings. The number of hydrogen-bond donors (Lipinski definition) is 0. The lowest BCUT2D eigenvalue weighted by atomic mass is 9.92. The summed E-state index contributed by atoms with van der Waals surface area (Å²) >= 11 is 1.18. The van der Waals surface area contributed by atoms with Crippen molar-refractivity contribution in [1.29, 1.82) is 0 Å². The van der Waals surface area contributed by atoms with Gasteiger partial charge in [0.25, 0.3) is 0 Å². The Hall–Kier alpha value is -3.79. The normalized spacial score (nSPS) is 12.1. The number of rotatable bonds is 10. The van der Waals surface area contributed by atoms with Gasteiger partial charge in [-0.15, -0.1) is 11.3 Å². The molecule has 0 radical (unpaired) electrons. The van der Waals surface area contributed by atoms with E-state index in [1.165, 1.54) is 29.7 Å². The summed E-state index contributed by atoms with van der Waals surface area (Å²) in [4.78, 5) is 21.7. The molecule has 0 spiro atoms. The van der Waals surface area contributed by atoms with Gasteiger partial charge in [-0.25, -0.2) is 4.98 Å². The van der Waals surface area contributed by atoms with Gasteiger partial charge in [0.15, 0.2) is 11.5 Å². The summed E-state index contributed by atoms with van der Waals surface area (Å²) in [6, 6.07) is 16.2. The van der Waals surface area contributed by atoms with Gasteiger partial charge in [0.2, 0.25) is 5.78 Å². The van der Waals surface area contributed by atoms with Crippen LogP contribution in [-0.2, 0) is 6.42 Å². The zero-order valence-electron chi connectivity index (χ0n) is 18.0. The lowest BCUT2D eigenvalue weighted by Gasteiger charge is -2.18. The predicted octanol–water partition coefficient (Wildman–Crippen LogP) is 6.35. The molecule has 4 aromatic rings. The third kappa shape index (κ3) is 6.21. The zero-order chi connectivity index (χ0) is 24.8. The van der Waals surface area contributed by atoms with Crippen molar-refractivity contribution in [2.75, 3.05) is 0 Å². The van der Waals surface area contributed by atoms with Gasteiger partial charge in [0.05, 0.1) is 4.88 Å². The van der Waals surface area contributed by atoms with E-state index in [1.54, 1.807) is 54.9 Å². The molecular weight excluding hydrogens is 484 g/mol. The molecule has 0 aliphatic rings. The molecule has 180 valence electrons. The average molecular weight is 502 g/mol. The summed E-state index contributed by atoms with van der Waals surface area (Å²) in [5.74, 6) is -1.71. The van der Waals surface area contributed by atoms with Crippen LogP contribution in [0.4, 0.5) is 17.6 Å². The molecule has 4 rings (SSSR count). The number of benzene rings is 2. The van der Waals surface area contributed by atoms with Crippen molar-refractivity contribution < 1.29 is 31.8 Å². The number of thiazole rings is 1. The Bertz CT molecular complexity index is 1270. The molecule has 2 aromatic carbocycles. The number of hydrogen-bond acceptors (Lipinski definition) is 6. The maximum atomic E-state index is 13.0. The summed E-state index contributed by atoms with van der Waals surface area (Å²) in [5.41, 5.74) is 1.86. The Labute approximate surface area is 202 Å². The van der Waals surface area contributed by atoms with Crippen LogP contribution >= 0.6 is 11.3 Å². The predicted molar refractivity (Wildman–Crippen MR) is 121 cm³/mol. The van der Waals surface area contributed by atoms with Crippen LogP contribution in [0.15, 0.2) is 79.3 Å². The second kappa shape index (κ2) is 11.1. The highest BCUT2D eigenvalue weighted by molar-refractivity contribution is 7.14. The molecule has 0 aliphatic carbocycles. The lowest BCUT2D eigenvalue weighted by molar-refractivity contribution is -0.0692. The van der Waals surface area contributed by atoms with Gasteiger partial charge < -0.3 is 9.47 Å². The smallest absolute Gasteiger partial charge is 0.387 e. The number of halogens is 4. The van der Waals surface area contributed by atoms with E-state index in [9.17, 15) is 22.4 Å². The Morgan fingerprint density at radius 2 is 1.57 bits per heavy atom. The van der Waals surface area contributed by atoms with E-state index in [0.717, 1.165) is 11.6 Å². The summed E-state index contributed by atoms with van der Waals surface area (Å²) in [6.07, 6.45) is 5.09. The van der Waals surface area contributed by atoms with E-state index < -0.39 is 30.6 Å². The van der Waals surface area contributed by atoms with Gasteiger partial charge in [0, 0.05) is 30.1 Å². The molecule has 35 heavy (non-hydrogen) atoms. The maximum Gasteiger partial charge on any atom is 0.387 e. The van der Waals surface area contributed by atoms with Crippen molar-refractivity contribution in [3.8, 4) is 11.5 Å². The van der Waals surface area contributed by atoms with Crippen molar-refractivity contribution in [2.45, 2.75) is 25.6 Å². The van der Waals surface area contributed by atoms with E-state index in [1.807, 2.05) is 0 Å². The van der Waals surface area contributed by atoms with Crippen molar-refractivity contribution in [1.82, 2.24) is 9.97 Å². The van der Waals surface area contributed by atoms with Crippen LogP contribution in [-0.4, -0.2) is 29.0 Å². The Kier molecular flexibility index (Phi) is 7.71. The standard InChI is InChI=1S/C25H18F4N2O3S/c26-24(27)33-19-7-6-17(13-20(19)34-25(28)29)18(12-15-8-10-30-11-9-15)23-31-14-21(35-23)22(32)16-4-2-1-3-5-16/h1-11,13-14,18,24-25H,12H2. The summed E-state index contributed by atoms with van der Waals surface area (Å²) in [6.45, 7) is -6.45. The first-order valence-corrected chi connectivity index (χ1v) is 11.2. The fourth-order valence-corrected chi connectivity index (χ4v) is 4.52. The van der Waals surface area contributed by atoms with Gasteiger partial charge in [0.1, 0.15) is 5.01 Å². The third-order valence-corrected chi connectivity index (χ3v) is 6.18. The fourth-order valence-electron chi connectivity index (χ4n) is 3.51. The van der Waals surface area contributed by atoms with Crippen molar-refractivity contribution in [3.05, 3.63) is 106 Å². The minimum atomic E-state index is -3.24. The second-order valence-electron chi connectivity index (χ2n) is 7.33. The molecule has 2 heterocycles. The van der Waals surface area contributed by atoms with Crippen LogP contribution in [0.1, 0.15) is 37.3 Å². The minimum absolute atomic E-state index is 0.195. The van der Waals surface area contributed by atoms with Crippen molar-refractivity contribution in [3.63, 3.8) is 0 Å². The highest BCUT2D eigenvalue weighted by Crippen LogP contribution is 2.38. The van der Waals surface area contributed by atoms with Crippen molar-refractivity contribution >= 4 is 17.1 Å². The molecule has 2 aromatic heterocycles. The highest BCUT2D eigenvalue weighted by atomic mass is 32.1. The quantitative estimate of drug-likeness (QED) is 0.187. The molecule has 0 amide bonds. The van der Waals surface area contributed by atoms with Gasteiger partial charge in [-0.05, 0) is 41.8 Å². The number of nitrogens with zero attached hydrogens (tertiary/aromatic N) is 2. The molecule has 5 nitrogen and oxygen atoms in total. The van der Waals surface area contributed by atoms with Crippen LogP contribution in [0.2, 0.25) is 0 Å². The van der Waals surface area contributed by atoms with E-state index >= 15 is 0 Å². The molecule has 0 saturated heterocycles. The van der Waals surface area contributed by atoms with E-state index in [-0.39, 0.29) is 5.78 Å². The monoisotopic (exact) mass is 502 g/mol. The first kappa shape index (κ1) is 24.3. The van der Waals surface area contributed by atoms with E-state index in [2.05, 4.69) is 19.4 Å². The molecule has 0 N–H and O–H groups in total. The van der Waals surface area contributed by atoms with Gasteiger partial charge in [-0.1, -0.05) is 36.4 Å². The van der Waals surface area contributed by atoms with Crippen molar-refractivity contribution in [2.24, 2.45) is 0 Å². The summed E-state index contributed by atoms with van der Waals surface area (Å²) < 4.78 is 60.2. The van der Waals surface area contributed by atoms with E-state index in [4.69, 9.17) is 0 Å². The molecular formula is C25H18F4N2O3S. The van der Waals surface area contributed by atoms with Crippen LogP contribution in [0.3, 0.4) is 0 Å². The number of carbonyl (C=O) groups excluding carboxylic acids is 1. The Balaban J connectivity index is 1.73. The second-order valence-corrected chi connectivity index (χ2v) is 8.40. The lowest BCUT2D eigenvalue weighted by Crippen LogP contribution is -2.10. The number of alkyl halides is 4.